The molecule has 0 saturated carbocycles. The van der Waals surface area contributed by atoms with Gasteiger partial charge in [0.25, 0.3) is 0 Å². The molecule has 0 saturated heterocycles. The number of benzene rings is 1. The summed E-state index contributed by atoms with van der Waals surface area (Å²) in [7, 11) is 1.99. The first-order chi connectivity index (χ1) is 8.24. The Hall–Kier alpha value is -1.80. The van der Waals surface area contributed by atoms with E-state index in [1.165, 1.54) is 0 Å². The van der Waals surface area contributed by atoms with Gasteiger partial charge in [-0.25, -0.2) is 4.57 Å². The highest BCUT2D eigenvalue weighted by Gasteiger charge is 2.09. The lowest BCUT2D eigenvalue weighted by molar-refractivity contribution is -0.671. The summed E-state index contributed by atoms with van der Waals surface area (Å²) >= 11 is 6.01. The van der Waals surface area contributed by atoms with Crippen molar-refractivity contribution in [2.45, 2.75) is 0 Å². The summed E-state index contributed by atoms with van der Waals surface area (Å²) in [6.45, 7) is 0. The smallest absolute Gasteiger partial charge is 0.169 e. The second kappa shape index (κ2) is 3.90. The largest absolute Gasteiger partial charge is 0.464 e. The molecule has 0 spiro atoms. The third kappa shape index (κ3) is 1.81. The Bertz CT molecular complexity index is 670. The molecule has 3 aromatic rings. The number of nitrogens with zero attached hydrogens (tertiary/aromatic N) is 1. The van der Waals surface area contributed by atoms with E-state index in [4.69, 9.17) is 16.0 Å². The van der Waals surface area contributed by atoms with Crippen molar-refractivity contribution in [3.05, 3.63) is 54.0 Å². The van der Waals surface area contributed by atoms with Crippen LogP contribution in [0.2, 0.25) is 5.02 Å². The minimum Gasteiger partial charge on any atom is -0.464 e. The standard InChI is InChI=1S/C14H11ClNO/c1-16-6-4-10(5-7-16)13-9-17-14-3-2-11(15)8-12(13)14/h2-9H,1H3/q+1. The molecule has 0 radical (unpaired) electrons. The monoisotopic (exact) mass is 244 g/mol. The van der Waals surface area contributed by atoms with Crippen LogP contribution in [0, 0.1) is 0 Å². The molecule has 0 bridgehead atoms. The quantitative estimate of drug-likeness (QED) is 0.598. The molecule has 3 rings (SSSR count). The molecule has 0 aliphatic carbocycles. The molecule has 3 heteroatoms. The molecule has 2 aromatic heterocycles. The zero-order valence-electron chi connectivity index (χ0n) is 9.35. The number of hydrogen-bond donors (Lipinski definition) is 0. The lowest BCUT2D eigenvalue weighted by atomic mass is 10.1. The second-order valence-corrected chi connectivity index (χ2v) is 4.48. The highest BCUT2D eigenvalue weighted by Crippen LogP contribution is 2.31. The summed E-state index contributed by atoms with van der Waals surface area (Å²) in [6, 6.07) is 9.78. The zero-order chi connectivity index (χ0) is 11.8. The van der Waals surface area contributed by atoms with Crippen molar-refractivity contribution in [3.8, 4) is 11.1 Å². The summed E-state index contributed by atoms with van der Waals surface area (Å²) in [4.78, 5) is 0. The lowest BCUT2D eigenvalue weighted by Crippen LogP contribution is -2.25. The molecular formula is C14H11ClNO+. The number of aromatic nitrogens is 1. The highest BCUT2D eigenvalue weighted by molar-refractivity contribution is 6.31. The van der Waals surface area contributed by atoms with Crippen LogP contribution in [0.1, 0.15) is 0 Å². The maximum absolute atomic E-state index is 6.01. The Morgan fingerprint density at radius 1 is 1.12 bits per heavy atom. The number of aryl methyl sites for hydroxylation is 1. The predicted octanol–water partition coefficient (Wildman–Crippen LogP) is 3.58. The number of pyridine rings is 1. The number of furan rings is 1. The molecule has 1 aromatic carbocycles. The summed E-state index contributed by atoms with van der Waals surface area (Å²) in [5, 5.41) is 1.77. The van der Waals surface area contributed by atoms with Gasteiger partial charge in [-0.05, 0) is 23.8 Å². The van der Waals surface area contributed by atoms with E-state index in [1.807, 2.05) is 42.2 Å². The molecule has 0 aliphatic heterocycles. The minimum absolute atomic E-state index is 0.724. The average Bonchev–Trinajstić information content (AvgIpc) is 2.73. The van der Waals surface area contributed by atoms with Crippen molar-refractivity contribution in [1.29, 1.82) is 0 Å². The normalized spacial score (nSPS) is 10.9. The van der Waals surface area contributed by atoms with Crippen LogP contribution < -0.4 is 4.57 Å². The summed E-state index contributed by atoms with van der Waals surface area (Å²) < 4.78 is 7.52. The maximum atomic E-state index is 6.01. The van der Waals surface area contributed by atoms with E-state index in [1.54, 1.807) is 6.26 Å². The van der Waals surface area contributed by atoms with Crippen molar-refractivity contribution >= 4 is 22.6 Å². The van der Waals surface area contributed by atoms with Gasteiger partial charge in [0.1, 0.15) is 12.6 Å². The van der Waals surface area contributed by atoms with E-state index in [0.717, 1.165) is 27.1 Å². The van der Waals surface area contributed by atoms with Gasteiger partial charge in [0.15, 0.2) is 12.4 Å². The van der Waals surface area contributed by atoms with Gasteiger partial charge in [0.05, 0.1) is 6.26 Å². The van der Waals surface area contributed by atoms with Gasteiger partial charge in [-0.3, -0.25) is 0 Å². The summed E-state index contributed by atoms with van der Waals surface area (Å²) in [5.41, 5.74) is 3.06. The van der Waals surface area contributed by atoms with E-state index >= 15 is 0 Å². The van der Waals surface area contributed by atoms with Gasteiger partial charge in [0, 0.05) is 28.1 Å². The van der Waals surface area contributed by atoms with Crippen molar-refractivity contribution in [1.82, 2.24) is 0 Å². The van der Waals surface area contributed by atoms with Crippen molar-refractivity contribution < 1.29 is 8.98 Å². The molecule has 0 unspecified atom stereocenters. The van der Waals surface area contributed by atoms with Crippen LogP contribution in [0.25, 0.3) is 22.1 Å². The van der Waals surface area contributed by atoms with Crippen LogP contribution in [0.3, 0.4) is 0 Å². The van der Waals surface area contributed by atoms with E-state index in [2.05, 4.69) is 12.1 Å². The average molecular weight is 245 g/mol. The van der Waals surface area contributed by atoms with Gasteiger partial charge >= 0.3 is 0 Å². The van der Waals surface area contributed by atoms with Gasteiger partial charge in [-0.2, -0.15) is 0 Å². The molecule has 2 heterocycles. The Labute approximate surface area is 104 Å². The van der Waals surface area contributed by atoms with Crippen LogP contribution >= 0.6 is 11.6 Å². The Kier molecular flexibility index (Phi) is 2.37. The lowest BCUT2D eigenvalue weighted by Gasteiger charge is -1.97. The van der Waals surface area contributed by atoms with Crippen molar-refractivity contribution in [2.75, 3.05) is 0 Å². The van der Waals surface area contributed by atoms with E-state index in [0.29, 0.717) is 0 Å². The minimum atomic E-state index is 0.724. The zero-order valence-corrected chi connectivity index (χ0v) is 10.1. The molecule has 0 aliphatic rings. The SMILES string of the molecule is C[n+]1ccc(-c2coc3ccc(Cl)cc23)cc1. The molecule has 0 atom stereocenters. The Morgan fingerprint density at radius 2 is 1.88 bits per heavy atom. The molecule has 17 heavy (non-hydrogen) atoms. The number of hydrogen-bond acceptors (Lipinski definition) is 1. The molecule has 0 fully saturated rings. The molecule has 0 amide bonds. The predicted molar refractivity (Wildman–Crippen MR) is 67.8 cm³/mol. The van der Waals surface area contributed by atoms with E-state index in [-0.39, 0.29) is 0 Å². The van der Waals surface area contributed by atoms with Gasteiger partial charge in [-0.15, -0.1) is 0 Å². The molecule has 0 N–H and O–H groups in total. The maximum Gasteiger partial charge on any atom is 0.169 e. The topological polar surface area (TPSA) is 17.0 Å². The van der Waals surface area contributed by atoms with Crippen molar-refractivity contribution in [2.24, 2.45) is 7.05 Å². The summed E-state index contributed by atoms with van der Waals surface area (Å²) in [6.07, 6.45) is 5.80. The van der Waals surface area contributed by atoms with Crippen LogP contribution in [-0.4, -0.2) is 0 Å². The fraction of sp³-hybridized carbons (Fsp3) is 0.0714. The molecule has 84 valence electrons. The first kappa shape index (κ1) is 10.4. The van der Waals surface area contributed by atoms with E-state index in [9.17, 15) is 0 Å². The Balaban J connectivity index is 2.23. The first-order valence-electron chi connectivity index (χ1n) is 5.36. The molecule has 2 nitrogen and oxygen atoms in total. The van der Waals surface area contributed by atoms with Crippen LogP contribution in [0.5, 0.6) is 0 Å². The fourth-order valence-electron chi connectivity index (χ4n) is 1.91. The highest BCUT2D eigenvalue weighted by atomic mass is 35.5. The first-order valence-corrected chi connectivity index (χ1v) is 5.74. The summed E-state index contributed by atoms with van der Waals surface area (Å²) in [5.74, 6) is 0. The van der Waals surface area contributed by atoms with E-state index < -0.39 is 0 Å². The fourth-order valence-corrected chi connectivity index (χ4v) is 2.08. The van der Waals surface area contributed by atoms with Crippen LogP contribution in [0.15, 0.2) is 53.4 Å². The van der Waals surface area contributed by atoms with Crippen molar-refractivity contribution in [3.63, 3.8) is 0 Å². The third-order valence-electron chi connectivity index (χ3n) is 2.82. The number of halogens is 1. The molecular weight excluding hydrogens is 234 g/mol. The van der Waals surface area contributed by atoms with Crippen LogP contribution in [0.4, 0.5) is 0 Å². The van der Waals surface area contributed by atoms with Gasteiger partial charge < -0.3 is 4.42 Å². The third-order valence-corrected chi connectivity index (χ3v) is 3.06. The second-order valence-electron chi connectivity index (χ2n) is 4.04. The Morgan fingerprint density at radius 3 is 2.65 bits per heavy atom. The van der Waals surface area contributed by atoms with Gasteiger partial charge in [-0.1, -0.05) is 11.6 Å². The number of fused-ring (bicyclic) bond motifs is 1. The van der Waals surface area contributed by atoms with Gasteiger partial charge in [0.2, 0.25) is 0 Å². The number of rotatable bonds is 1. The van der Waals surface area contributed by atoms with Crippen LogP contribution in [-0.2, 0) is 7.05 Å².